The van der Waals surface area contributed by atoms with E-state index in [-0.39, 0.29) is 12.5 Å². The van der Waals surface area contributed by atoms with Crippen LogP contribution in [0.15, 0.2) is 48.6 Å². The smallest absolute Gasteiger partial charge is 0.220 e. The lowest BCUT2D eigenvalue weighted by molar-refractivity contribution is -0.302. The molecule has 1 saturated heterocycles. The molecule has 0 aromatic rings. The van der Waals surface area contributed by atoms with Crippen molar-refractivity contribution < 1.29 is 39.8 Å². The van der Waals surface area contributed by atoms with Crippen LogP contribution >= 0.6 is 0 Å². The average molecular weight is 1030 g/mol. The largest absolute Gasteiger partial charge is 0.394 e. The number of unbranched alkanes of at least 4 members (excludes halogenated alkanes) is 36. The molecule has 1 heterocycles. The molecule has 0 spiro atoms. The Bertz CT molecular complexity index is 1290. The molecule has 1 aliphatic heterocycles. The van der Waals surface area contributed by atoms with E-state index in [0.717, 1.165) is 77.0 Å². The molecule has 9 heteroatoms. The molecule has 0 bridgehead atoms. The van der Waals surface area contributed by atoms with Gasteiger partial charge in [0.15, 0.2) is 6.29 Å². The molecule has 0 aromatic heterocycles. The number of carbonyl (C=O) groups excluding carboxylic acids is 1. The van der Waals surface area contributed by atoms with Gasteiger partial charge in [-0.25, -0.2) is 0 Å². The molecule has 428 valence electrons. The topological polar surface area (TPSA) is 149 Å². The lowest BCUT2D eigenvalue weighted by atomic mass is 9.99. The van der Waals surface area contributed by atoms with Crippen LogP contribution in [0.2, 0.25) is 0 Å². The van der Waals surface area contributed by atoms with Crippen LogP contribution in [0.1, 0.15) is 296 Å². The molecular weight excluding hydrogens is 911 g/mol. The summed E-state index contributed by atoms with van der Waals surface area (Å²) >= 11 is 0. The Labute approximate surface area is 450 Å². The predicted octanol–water partition coefficient (Wildman–Crippen LogP) is 16.1. The summed E-state index contributed by atoms with van der Waals surface area (Å²) in [6, 6.07) is -0.735. The zero-order chi connectivity index (χ0) is 52.9. The third-order valence-electron chi connectivity index (χ3n) is 14.9. The fraction of sp³-hybridized carbons (Fsp3) is 0.859. The third kappa shape index (κ3) is 42.9. The maximum Gasteiger partial charge on any atom is 0.220 e. The van der Waals surface area contributed by atoms with E-state index >= 15 is 0 Å². The van der Waals surface area contributed by atoms with E-state index in [0.29, 0.717) is 12.8 Å². The SMILES string of the molecule is CC/C=C\C/C=C\C/C=C\C/C=C\CCCCCCC(=O)NC(COC1OC(CO)C(O)C(O)C1O)C(O)CCCCCCCCCCCCCCCCCCCCCCCCCCCCCCCCCCC. The minimum absolute atomic E-state index is 0.149. The van der Waals surface area contributed by atoms with Crippen molar-refractivity contribution in [2.45, 2.75) is 339 Å². The number of amides is 1. The van der Waals surface area contributed by atoms with Gasteiger partial charge < -0.3 is 40.3 Å². The van der Waals surface area contributed by atoms with Gasteiger partial charge in [0, 0.05) is 6.42 Å². The van der Waals surface area contributed by atoms with E-state index < -0.39 is 49.5 Å². The van der Waals surface area contributed by atoms with Crippen molar-refractivity contribution in [2.75, 3.05) is 13.2 Å². The van der Waals surface area contributed by atoms with Gasteiger partial charge in [-0.3, -0.25) is 4.79 Å². The fourth-order valence-electron chi connectivity index (χ4n) is 10.0. The predicted molar refractivity (Wildman–Crippen MR) is 309 cm³/mol. The van der Waals surface area contributed by atoms with Crippen molar-refractivity contribution in [1.82, 2.24) is 5.32 Å². The van der Waals surface area contributed by atoms with Crippen LogP contribution in [-0.4, -0.2) is 87.5 Å². The molecule has 0 saturated carbocycles. The highest BCUT2D eigenvalue weighted by atomic mass is 16.7. The highest BCUT2D eigenvalue weighted by Gasteiger charge is 2.44. The fourth-order valence-corrected chi connectivity index (χ4v) is 10.0. The van der Waals surface area contributed by atoms with Gasteiger partial charge in [0.05, 0.1) is 25.4 Å². The molecule has 1 fully saturated rings. The number of allylic oxidation sites excluding steroid dienone is 8. The molecule has 9 nitrogen and oxygen atoms in total. The zero-order valence-corrected chi connectivity index (χ0v) is 47.6. The molecule has 73 heavy (non-hydrogen) atoms. The first kappa shape index (κ1) is 69.2. The van der Waals surface area contributed by atoms with Crippen molar-refractivity contribution in [2.24, 2.45) is 0 Å². The Morgan fingerprint density at radius 3 is 1.26 bits per heavy atom. The number of hydrogen-bond acceptors (Lipinski definition) is 8. The summed E-state index contributed by atoms with van der Waals surface area (Å²) in [6.07, 6.45) is 64.6. The first-order valence-electron chi connectivity index (χ1n) is 31.3. The normalized spacial score (nSPS) is 19.4. The molecule has 7 atom stereocenters. The Morgan fingerprint density at radius 1 is 0.479 bits per heavy atom. The van der Waals surface area contributed by atoms with Crippen LogP contribution in [-0.2, 0) is 14.3 Å². The van der Waals surface area contributed by atoms with E-state index in [9.17, 15) is 30.3 Å². The van der Waals surface area contributed by atoms with E-state index in [1.165, 1.54) is 193 Å². The van der Waals surface area contributed by atoms with Crippen LogP contribution in [0.3, 0.4) is 0 Å². The van der Waals surface area contributed by atoms with E-state index in [2.05, 4.69) is 67.8 Å². The van der Waals surface area contributed by atoms with Crippen LogP contribution in [0, 0.1) is 0 Å². The molecule has 0 aromatic carbocycles. The van der Waals surface area contributed by atoms with Gasteiger partial charge in [-0.2, -0.15) is 0 Å². The first-order chi connectivity index (χ1) is 35.8. The second-order valence-corrected chi connectivity index (χ2v) is 21.8. The molecule has 6 N–H and O–H groups in total. The van der Waals surface area contributed by atoms with Gasteiger partial charge in [-0.1, -0.05) is 287 Å². The summed E-state index contributed by atoms with van der Waals surface area (Å²) in [5.74, 6) is -0.165. The zero-order valence-electron chi connectivity index (χ0n) is 47.6. The number of aliphatic hydroxyl groups excluding tert-OH is 5. The van der Waals surface area contributed by atoms with E-state index in [1.807, 2.05) is 0 Å². The number of hydrogen-bond donors (Lipinski definition) is 6. The summed E-state index contributed by atoms with van der Waals surface area (Å²) in [5, 5.41) is 54.7. The van der Waals surface area contributed by atoms with Gasteiger partial charge in [-0.05, 0) is 51.4 Å². The summed E-state index contributed by atoms with van der Waals surface area (Å²) in [5.41, 5.74) is 0. The van der Waals surface area contributed by atoms with Crippen LogP contribution in [0.25, 0.3) is 0 Å². The molecule has 1 rings (SSSR count). The van der Waals surface area contributed by atoms with Gasteiger partial charge in [0.25, 0.3) is 0 Å². The van der Waals surface area contributed by atoms with Crippen molar-refractivity contribution in [1.29, 1.82) is 0 Å². The minimum Gasteiger partial charge on any atom is -0.394 e. The summed E-state index contributed by atoms with van der Waals surface area (Å²) < 4.78 is 11.3. The Kier molecular flexibility index (Phi) is 50.7. The summed E-state index contributed by atoms with van der Waals surface area (Å²) in [4.78, 5) is 13.1. The summed E-state index contributed by atoms with van der Waals surface area (Å²) in [6.45, 7) is 3.74. The van der Waals surface area contributed by atoms with Crippen LogP contribution in [0.5, 0.6) is 0 Å². The molecule has 1 amide bonds. The standard InChI is InChI=1S/C64H119NO8/c1-3-5-7-9-11-13-15-17-19-21-22-23-24-25-26-27-28-29-30-31-32-33-34-35-36-38-39-41-43-45-47-49-51-53-58(67)57(56-72-64-63(71)62(70)61(69)59(55-66)73-64)65-60(68)54-52-50-48-46-44-42-40-37-20-18-16-14-12-10-8-6-4-2/h6,8,12,14,18,20,40,42,57-59,61-64,66-67,69-71H,3-5,7,9-11,13,15-17,19,21-39,41,43-56H2,1-2H3,(H,65,68)/b8-6-,14-12-,20-18-,42-40-. The molecular formula is C64H119NO8. The molecule has 0 radical (unpaired) electrons. The minimum atomic E-state index is -1.56. The number of nitrogens with one attached hydrogen (secondary N) is 1. The highest BCUT2D eigenvalue weighted by Crippen LogP contribution is 2.23. The number of rotatable bonds is 54. The second kappa shape index (κ2) is 53.5. The second-order valence-electron chi connectivity index (χ2n) is 21.8. The van der Waals surface area contributed by atoms with E-state index in [1.54, 1.807) is 0 Å². The number of ether oxygens (including phenoxy) is 2. The first-order valence-corrected chi connectivity index (χ1v) is 31.3. The Hall–Kier alpha value is -1.85. The Balaban J connectivity index is 2.12. The number of carbonyl (C=O) groups is 1. The van der Waals surface area contributed by atoms with Crippen LogP contribution in [0.4, 0.5) is 0 Å². The highest BCUT2D eigenvalue weighted by molar-refractivity contribution is 5.76. The van der Waals surface area contributed by atoms with Crippen molar-refractivity contribution >= 4 is 5.91 Å². The monoisotopic (exact) mass is 1030 g/mol. The van der Waals surface area contributed by atoms with Gasteiger partial charge >= 0.3 is 0 Å². The molecule has 7 unspecified atom stereocenters. The van der Waals surface area contributed by atoms with Crippen molar-refractivity contribution in [3.8, 4) is 0 Å². The maximum absolute atomic E-state index is 13.1. The lowest BCUT2D eigenvalue weighted by Crippen LogP contribution is -2.60. The number of aliphatic hydroxyl groups is 5. The van der Waals surface area contributed by atoms with Crippen molar-refractivity contribution in [3.63, 3.8) is 0 Å². The Morgan fingerprint density at radius 2 is 0.849 bits per heavy atom. The van der Waals surface area contributed by atoms with Gasteiger partial charge in [0.1, 0.15) is 24.4 Å². The van der Waals surface area contributed by atoms with Crippen molar-refractivity contribution in [3.05, 3.63) is 48.6 Å². The van der Waals surface area contributed by atoms with E-state index in [4.69, 9.17) is 9.47 Å². The maximum atomic E-state index is 13.1. The lowest BCUT2D eigenvalue weighted by Gasteiger charge is -2.40. The third-order valence-corrected chi connectivity index (χ3v) is 14.9. The average Bonchev–Trinajstić information content (AvgIpc) is 3.39. The van der Waals surface area contributed by atoms with Crippen LogP contribution < -0.4 is 5.32 Å². The van der Waals surface area contributed by atoms with Gasteiger partial charge in [-0.15, -0.1) is 0 Å². The quantitative estimate of drug-likeness (QED) is 0.0261. The van der Waals surface area contributed by atoms with Gasteiger partial charge in [0.2, 0.25) is 5.91 Å². The molecule has 1 aliphatic rings. The molecule has 0 aliphatic carbocycles. The summed E-state index contributed by atoms with van der Waals surface area (Å²) in [7, 11) is 0.